The van der Waals surface area contributed by atoms with Gasteiger partial charge in [-0.05, 0) is 37.3 Å². The summed E-state index contributed by atoms with van der Waals surface area (Å²) >= 11 is 0. The molecule has 0 unspecified atom stereocenters. The summed E-state index contributed by atoms with van der Waals surface area (Å²) in [6, 6.07) is 9.42. The van der Waals surface area contributed by atoms with Gasteiger partial charge in [0.05, 0.1) is 15.5 Å². The van der Waals surface area contributed by atoms with E-state index in [2.05, 4.69) is 0 Å². The number of carbonyl (C=O) groups excluding carboxylic acids is 1. The highest BCUT2D eigenvalue weighted by Gasteiger charge is 2.55. The molecule has 154 valence electrons. The molecule has 0 aliphatic rings. The van der Waals surface area contributed by atoms with E-state index in [4.69, 9.17) is 10.5 Å². The van der Waals surface area contributed by atoms with Crippen LogP contribution in [-0.2, 0) is 14.6 Å². The van der Waals surface area contributed by atoms with E-state index in [-0.39, 0.29) is 11.8 Å². The van der Waals surface area contributed by atoms with E-state index in [0.717, 1.165) is 12.1 Å². The van der Waals surface area contributed by atoms with E-state index in [1.165, 1.54) is 24.3 Å². The van der Waals surface area contributed by atoms with Crippen LogP contribution < -0.4 is 5.32 Å². The first kappa shape index (κ1) is 23.5. The van der Waals surface area contributed by atoms with Crippen molar-refractivity contribution >= 4 is 21.4 Å². The van der Waals surface area contributed by atoms with Gasteiger partial charge in [0.2, 0.25) is 15.4 Å². The average Bonchev–Trinajstić information content (AvgIpc) is 2.64. The third kappa shape index (κ3) is 4.84. The van der Waals surface area contributed by atoms with Crippen LogP contribution in [-0.4, -0.2) is 41.7 Å². The number of carbonyl (C=O) groups is 1. The molecular weight excluding hydrogens is 410 g/mol. The molecule has 28 heavy (non-hydrogen) atoms. The van der Waals surface area contributed by atoms with E-state index in [1.54, 1.807) is 11.4 Å². The fourth-order valence-corrected chi connectivity index (χ4v) is 3.17. The molecule has 12 heteroatoms. The molecule has 0 saturated heterocycles. The number of sulfone groups is 1. The van der Waals surface area contributed by atoms with Gasteiger partial charge in [0.15, 0.2) is 0 Å². The summed E-state index contributed by atoms with van der Waals surface area (Å²) in [4.78, 5) is 11.0. The molecular formula is C16H15F4NO6S. The van der Waals surface area contributed by atoms with Gasteiger partial charge in [-0.2, -0.15) is 13.2 Å². The Kier molecular flexibility index (Phi) is 7.26. The maximum Gasteiger partial charge on any atom is 0.426 e. The number of hydrogen-bond acceptors (Lipinski definition) is 6. The molecule has 4 N–H and O–H groups in total. The average molecular weight is 425 g/mol. The van der Waals surface area contributed by atoms with Crippen LogP contribution in [0.5, 0.6) is 0 Å². The van der Waals surface area contributed by atoms with E-state index in [1.807, 2.05) is 0 Å². The van der Waals surface area contributed by atoms with Gasteiger partial charge >= 0.3 is 6.18 Å². The quantitative estimate of drug-likeness (QED) is 0.339. The molecule has 2 aromatic rings. The Labute approximate surface area is 156 Å². The maximum absolute atomic E-state index is 14.1. The number of amides is 1. The standard InChI is InChI=1S/C16H13F4NO4S.H2O2/c1-15(23,16(18,19)20)14(22)21-13-8-7-11(9-12(13)17)26(24,25)10-5-3-2-4-6-10;1-2/h2-9,23H,1H3,(H,21,22);1-2H/t15-;/m1./s1. The molecule has 0 bridgehead atoms. The molecule has 0 fully saturated rings. The summed E-state index contributed by atoms with van der Waals surface area (Å²) < 4.78 is 76.7. The molecule has 2 aromatic carbocycles. The first-order valence-electron chi connectivity index (χ1n) is 7.27. The van der Waals surface area contributed by atoms with Gasteiger partial charge in [-0.25, -0.2) is 12.8 Å². The minimum Gasteiger partial charge on any atom is -0.373 e. The van der Waals surface area contributed by atoms with Crippen molar-refractivity contribution in [2.75, 3.05) is 5.32 Å². The monoisotopic (exact) mass is 425 g/mol. The first-order chi connectivity index (χ1) is 12.9. The Hall–Kier alpha value is -2.54. The Bertz CT molecular complexity index is 930. The lowest BCUT2D eigenvalue weighted by Gasteiger charge is -2.25. The molecule has 0 radical (unpaired) electrons. The maximum atomic E-state index is 14.1. The normalized spacial score (nSPS) is 13.7. The van der Waals surface area contributed by atoms with Crippen LogP contribution >= 0.6 is 0 Å². The molecule has 7 nitrogen and oxygen atoms in total. The van der Waals surface area contributed by atoms with Crippen LogP contribution in [0.2, 0.25) is 0 Å². The van der Waals surface area contributed by atoms with Crippen LogP contribution in [0.4, 0.5) is 23.2 Å². The fraction of sp³-hybridized carbons (Fsp3) is 0.188. The number of alkyl halides is 3. The Morgan fingerprint density at radius 1 is 1.00 bits per heavy atom. The van der Waals surface area contributed by atoms with Gasteiger partial charge in [-0.15, -0.1) is 0 Å². The predicted molar refractivity (Wildman–Crippen MR) is 88.9 cm³/mol. The molecule has 0 saturated carbocycles. The minimum atomic E-state index is -5.27. The van der Waals surface area contributed by atoms with Crippen LogP contribution in [0.25, 0.3) is 0 Å². The number of nitrogens with one attached hydrogen (secondary N) is 1. The summed E-state index contributed by atoms with van der Waals surface area (Å²) in [7, 11) is -4.04. The number of anilines is 1. The van der Waals surface area contributed by atoms with E-state index >= 15 is 0 Å². The summed E-state index contributed by atoms with van der Waals surface area (Å²) in [6.45, 7) is 0.217. The molecule has 2 rings (SSSR count). The van der Waals surface area contributed by atoms with Crippen LogP contribution in [0.3, 0.4) is 0 Å². The minimum absolute atomic E-state index is 0.101. The molecule has 0 aliphatic heterocycles. The zero-order valence-electron chi connectivity index (χ0n) is 14.1. The third-order valence-corrected chi connectivity index (χ3v) is 5.31. The molecule has 0 heterocycles. The zero-order chi connectivity index (χ0) is 21.8. The lowest BCUT2D eigenvalue weighted by molar-refractivity contribution is -0.242. The third-order valence-electron chi connectivity index (χ3n) is 3.55. The van der Waals surface area contributed by atoms with Gasteiger partial charge in [0.25, 0.3) is 5.91 Å². The summed E-state index contributed by atoms with van der Waals surface area (Å²) in [5.41, 5.74) is -4.44. The Morgan fingerprint density at radius 2 is 1.54 bits per heavy atom. The highest BCUT2D eigenvalue weighted by molar-refractivity contribution is 7.91. The van der Waals surface area contributed by atoms with Gasteiger partial charge in [-0.3, -0.25) is 15.3 Å². The van der Waals surface area contributed by atoms with E-state index in [0.29, 0.717) is 6.07 Å². The largest absolute Gasteiger partial charge is 0.426 e. The number of rotatable bonds is 4. The van der Waals surface area contributed by atoms with Crippen molar-refractivity contribution in [3.63, 3.8) is 0 Å². The van der Waals surface area contributed by atoms with Crippen molar-refractivity contribution in [2.45, 2.75) is 28.5 Å². The predicted octanol–water partition coefficient (Wildman–Crippen LogP) is 2.93. The number of aliphatic hydroxyl groups is 1. The first-order valence-corrected chi connectivity index (χ1v) is 8.76. The van der Waals surface area contributed by atoms with Crippen molar-refractivity contribution in [2.24, 2.45) is 0 Å². The van der Waals surface area contributed by atoms with Crippen molar-refractivity contribution in [3.05, 3.63) is 54.3 Å². The SMILES string of the molecule is C[C@@](O)(C(=O)Nc1ccc(S(=O)(=O)c2ccccc2)cc1F)C(F)(F)F.OO. The van der Waals surface area contributed by atoms with Gasteiger partial charge in [-0.1, -0.05) is 18.2 Å². The van der Waals surface area contributed by atoms with Crippen molar-refractivity contribution in [1.29, 1.82) is 0 Å². The number of hydrogen-bond donors (Lipinski definition) is 4. The number of halogens is 4. The molecule has 0 aliphatic carbocycles. The second-order valence-electron chi connectivity index (χ2n) is 5.48. The van der Waals surface area contributed by atoms with Crippen molar-refractivity contribution < 1.29 is 46.4 Å². The highest BCUT2D eigenvalue weighted by Crippen LogP contribution is 2.32. The van der Waals surface area contributed by atoms with E-state index < -0.39 is 43.9 Å². The smallest absolute Gasteiger partial charge is 0.373 e. The Morgan fingerprint density at radius 3 is 2.00 bits per heavy atom. The van der Waals surface area contributed by atoms with Crippen LogP contribution in [0.15, 0.2) is 58.3 Å². The van der Waals surface area contributed by atoms with Gasteiger partial charge < -0.3 is 10.4 Å². The van der Waals surface area contributed by atoms with Crippen LogP contribution in [0.1, 0.15) is 6.92 Å². The summed E-state index contributed by atoms with van der Waals surface area (Å²) in [6.07, 6.45) is -5.27. The number of benzene rings is 2. The van der Waals surface area contributed by atoms with Gasteiger partial charge in [0.1, 0.15) is 5.82 Å². The van der Waals surface area contributed by atoms with Gasteiger partial charge in [0, 0.05) is 0 Å². The van der Waals surface area contributed by atoms with Crippen molar-refractivity contribution in [1.82, 2.24) is 0 Å². The fourth-order valence-electron chi connectivity index (χ4n) is 1.87. The Balaban J connectivity index is 0.00000190. The van der Waals surface area contributed by atoms with Crippen LogP contribution in [0, 0.1) is 5.82 Å². The van der Waals surface area contributed by atoms with Crippen molar-refractivity contribution in [3.8, 4) is 0 Å². The lowest BCUT2D eigenvalue weighted by atomic mass is 10.1. The topological polar surface area (TPSA) is 124 Å². The van der Waals surface area contributed by atoms with E-state index in [9.17, 15) is 35.9 Å². The highest BCUT2D eigenvalue weighted by atomic mass is 32.2. The lowest BCUT2D eigenvalue weighted by Crippen LogP contribution is -2.52. The molecule has 0 aromatic heterocycles. The zero-order valence-corrected chi connectivity index (χ0v) is 14.9. The summed E-state index contributed by atoms with van der Waals surface area (Å²) in [5.74, 6) is -3.17. The summed E-state index contributed by atoms with van der Waals surface area (Å²) in [5, 5.41) is 22.8. The molecule has 0 spiro atoms. The molecule has 1 amide bonds. The second-order valence-corrected chi connectivity index (χ2v) is 7.43. The molecule has 1 atom stereocenters. The second kappa shape index (κ2) is 8.65.